The Balaban J connectivity index is 2.02. The molecule has 8 heteroatoms. The summed E-state index contributed by atoms with van der Waals surface area (Å²) < 4.78 is 27.1. The molecule has 1 aliphatic heterocycles. The van der Waals surface area contributed by atoms with Crippen molar-refractivity contribution in [2.24, 2.45) is 0 Å². The Morgan fingerprint density at radius 3 is 2.60 bits per heavy atom. The maximum absolute atomic E-state index is 12.2. The van der Waals surface area contributed by atoms with Gasteiger partial charge in [0.05, 0.1) is 0 Å². The molecular weight excluding hydrogens is 300 g/mol. The summed E-state index contributed by atoms with van der Waals surface area (Å²) in [5.41, 5.74) is 0. The van der Waals surface area contributed by atoms with E-state index < -0.39 is 16.0 Å². The SMILES string of the molecule is CCN1CCC(NS(=O)(=O)c2ccc(C(=O)O)s2)CC1. The maximum Gasteiger partial charge on any atom is 0.345 e. The molecule has 2 N–H and O–H groups in total. The van der Waals surface area contributed by atoms with E-state index in [0.29, 0.717) is 0 Å². The van der Waals surface area contributed by atoms with Gasteiger partial charge in [-0.2, -0.15) is 0 Å². The van der Waals surface area contributed by atoms with E-state index in [1.165, 1.54) is 12.1 Å². The van der Waals surface area contributed by atoms with Gasteiger partial charge in [0.1, 0.15) is 9.09 Å². The van der Waals surface area contributed by atoms with Crippen LogP contribution in [0.3, 0.4) is 0 Å². The van der Waals surface area contributed by atoms with Gasteiger partial charge in [-0.1, -0.05) is 6.92 Å². The zero-order chi connectivity index (χ0) is 14.8. The number of carboxylic acids is 1. The number of hydrogen-bond acceptors (Lipinski definition) is 5. The van der Waals surface area contributed by atoms with E-state index in [1.807, 2.05) is 0 Å². The van der Waals surface area contributed by atoms with Crippen LogP contribution in [0.25, 0.3) is 0 Å². The molecule has 112 valence electrons. The summed E-state index contributed by atoms with van der Waals surface area (Å²) in [5.74, 6) is -1.10. The van der Waals surface area contributed by atoms with Gasteiger partial charge in [-0.05, 0) is 44.6 Å². The van der Waals surface area contributed by atoms with Gasteiger partial charge >= 0.3 is 5.97 Å². The Kier molecular flexibility index (Phi) is 4.79. The number of piperidine rings is 1. The van der Waals surface area contributed by atoms with E-state index in [2.05, 4.69) is 16.5 Å². The van der Waals surface area contributed by atoms with E-state index in [0.717, 1.165) is 43.8 Å². The number of rotatable bonds is 5. The highest BCUT2D eigenvalue weighted by Crippen LogP contribution is 2.22. The molecule has 6 nitrogen and oxygen atoms in total. The van der Waals surface area contributed by atoms with Crippen LogP contribution in [0.2, 0.25) is 0 Å². The zero-order valence-corrected chi connectivity index (χ0v) is 12.8. The molecule has 1 aliphatic rings. The minimum absolute atomic E-state index is 0.0335. The van der Waals surface area contributed by atoms with Crippen LogP contribution >= 0.6 is 11.3 Å². The molecule has 0 bridgehead atoms. The predicted octanol–water partition coefficient (Wildman–Crippen LogP) is 1.21. The largest absolute Gasteiger partial charge is 0.477 e. The Hall–Kier alpha value is -0.960. The number of nitrogens with zero attached hydrogens (tertiary/aromatic N) is 1. The van der Waals surface area contributed by atoms with Crippen molar-refractivity contribution in [1.29, 1.82) is 0 Å². The van der Waals surface area contributed by atoms with Gasteiger partial charge in [-0.25, -0.2) is 17.9 Å². The van der Waals surface area contributed by atoms with Gasteiger partial charge in [0.25, 0.3) is 0 Å². The molecule has 0 aromatic carbocycles. The fraction of sp³-hybridized carbons (Fsp3) is 0.583. The molecule has 1 aromatic heterocycles. The molecular formula is C12H18N2O4S2. The number of hydrogen-bond donors (Lipinski definition) is 2. The minimum atomic E-state index is -3.61. The third kappa shape index (κ3) is 3.57. The Morgan fingerprint density at radius 1 is 1.45 bits per heavy atom. The number of carboxylic acid groups (broad SMARTS) is 1. The summed E-state index contributed by atoms with van der Waals surface area (Å²) in [6.45, 7) is 4.83. The van der Waals surface area contributed by atoms with Crippen LogP contribution in [-0.4, -0.2) is 50.1 Å². The molecule has 0 amide bonds. The highest BCUT2D eigenvalue weighted by atomic mass is 32.2. The second kappa shape index (κ2) is 6.21. The fourth-order valence-electron chi connectivity index (χ4n) is 2.22. The molecule has 2 heterocycles. The molecule has 1 saturated heterocycles. The number of nitrogens with one attached hydrogen (secondary N) is 1. The monoisotopic (exact) mass is 318 g/mol. The second-order valence-electron chi connectivity index (χ2n) is 4.75. The van der Waals surface area contributed by atoms with Gasteiger partial charge < -0.3 is 10.0 Å². The van der Waals surface area contributed by atoms with Gasteiger partial charge in [-0.15, -0.1) is 11.3 Å². The molecule has 0 aliphatic carbocycles. The van der Waals surface area contributed by atoms with Crippen LogP contribution in [0.4, 0.5) is 0 Å². The molecule has 0 radical (unpaired) electrons. The van der Waals surface area contributed by atoms with Crippen LogP contribution in [0.1, 0.15) is 29.4 Å². The normalized spacial score (nSPS) is 18.2. The number of aromatic carboxylic acids is 1. The van der Waals surface area contributed by atoms with E-state index in [1.54, 1.807) is 0 Å². The summed E-state index contributed by atoms with van der Waals surface area (Å²) in [4.78, 5) is 13.1. The molecule has 0 spiro atoms. The predicted molar refractivity (Wildman–Crippen MR) is 76.7 cm³/mol. The van der Waals surface area contributed by atoms with E-state index >= 15 is 0 Å². The first-order valence-corrected chi connectivity index (χ1v) is 8.80. The van der Waals surface area contributed by atoms with Crippen molar-refractivity contribution >= 4 is 27.3 Å². The molecule has 0 saturated carbocycles. The number of carbonyl (C=O) groups is 1. The van der Waals surface area contributed by atoms with Crippen LogP contribution in [0, 0.1) is 0 Å². The third-order valence-electron chi connectivity index (χ3n) is 3.41. The molecule has 1 aromatic rings. The Labute approximate surface area is 122 Å². The smallest absolute Gasteiger partial charge is 0.345 e. The molecule has 0 unspecified atom stereocenters. The van der Waals surface area contributed by atoms with Gasteiger partial charge in [0.2, 0.25) is 10.0 Å². The van der Waals surface area contributed by atoms with Gasteiger partial charge in [0.15, 0.2) is 0 Å². The van der Waals surface area contributed by atoms with Crippen LogP contribution in [0.5, 0.6) is 0 Å². The lowest BCUT2D eigenvalue weighted by Crippen LogP contribution is -2.44. The lowest BCUT2D eigenvalue weighted by Gasteiger charge is -2.31. The summed E-state index contributed by atoms with van der Waals surface area (Å²) in [6, 6.07) is 2.59. The number of likely N-dealkylation sites (tertiary alicyclic amines) is 1. The summed E-state index contributed by atoms with van der Waals surface area (Å²) in [5, 5.41) is 8.83. The van der Waals surface area contributed by atoms with E-state index in [-0.39, 0.29) is 15.1 Å². The minimum Gasteiger partial charge on any atom is -0.477 e. The topological polar surface area (TPSA) is 86.7 Å². The highest BCUT2D eigenvalue weighted by molar-refractivity contribution is 7.91. The first-order valence-electron chi connectivity index (χ1n) is 6.50. The van der Waals surface area contributed by atoms with Crippen molar-refractivity contribution < 1.29 is 18.3 Å². The van der Waals surface area contributed by atoms with Crippen LogP contribution < -0.4 is 4.72 Å². The number of sulfonamides is 1. The van der Waals surface area contributed by atoms with Crippen molar-refractivity contribution in [2.75, 3.05) is 19.6 Å². The molecule has 2 rings (SSSR count). The average Bonchev–Trinajstić information content (AvgIpc) is 2.90. The van der Waals surface area contributed by atoms with Crippen molar-refractivity contribution in [2.45, 2.75) is 30.0 Å². The van der Waals surface area contributed by atoms with Crippen molar-refractivity contribution in [3.63, 3.8) is 0 Å². The summed E-state index contributed by atoms with van der Waals surface area (Å²) in [7, 11) is -3.61. The highest BCUT2D eigenvalue weighted by Gasteiger charge is 2.25. The van der Waals surface area contributed by atoms with Crippen molar-refractivity contribution in [3.8, 4) is 0 Å². The zero-order valence-electron chi connectivity index (χ0n) is 11.2. The van der Waals surface area contributed by atoms with Crippen molar-refractivity contribution in [3.05, 3.63) is 17.0 Å². The molecule has 20 heavy (non-hydrogen) atoms. The van der Waals surface area contributed by atoms with Crippen LogP contribution in [-0.2, 0) is 10.0 Å². The van der Waals surface area contributed by atoms with E-state index in [4.69, 9.17) is 5.11 Å². The summed E-state index contributed by atoms with van der Waals surface area (Å²) in [6.07, 6.45) is 1.56. The van der Waals surface area contributed by atoms with E-state index in [9.17, 15) is 13.2 Å². The fourth-order valence-corrected chi connectivity index (χ4v) is 4.69. The first-order chi connectivity index (χ1) is 9.42. The molecule has 1 fully saturated rings. The first kappa shape index (κ1) is 15.4. The summed E-state index contributed by atoms with van der Waals surface area (Å²) >= 11 is 0.781. The van der Waals surface area contributed by atoms with Crippen LogP contribution in [0.15, 0.2) is 16.3 Å². The maximum atomic E-state index is 12.2. The quantitative estimate of drug-likeness (QED) is 0.852. The lowest BCUT2D eigenvalue weighted by atomic mass is 10.1. The third-order valence-corrected chi connectivity index (χ3v) is 6.50. The number of thiophene rings is 1. The van der Waals surface area contributed by atoms with Crippen molar-refractivity contribution in [1.82, 2.24) is 9.62 Å². The molecule has 0 atom stereocenters. The van der Waals surface area contributed by atoms with Gasteiger partial charge in [0, 0.05) is 6.04 Å². The lowest BCUT2D eigenvalue weighted by molar-refractivity contribution is 0.0702. The Morgan fingerprint density at radius 2 is 2.10 bits per heavy atom. The standard InChI is InChI=1S/C12H18N2O4S2/c1-2-14-7-5-9(6-8-14)13-20(17,18)11-4-3-10(19-11)12(15)16/h3-4,9,13H,2,5-8H2,1H3,(H,15,16). The van der Waals surface area contributed by atoms with Gasteiger partial charge in [-0.3, -0.25) is 0 Å². The Bertz CT molecular complexity index is 574. The average molecular weight is 318 g/mol. The second-order valence-corrected chi connectivity index (χ2v) is 7.78.